The number of carbonyl (C=O) groups is 1. The number of hydrogen-bond acceptors (Lipinski definition) is 3. The summed E-state index contributed by atoms with van der Waals surface area (Å²) in [7, 11) is 0. The van der Waals surface area contributed by atoms with Crippen molar-refractivity contribution >= 4 is 6.16 Å². The van der Waals surface area contributed by atoms with Gasteiger partial charge in [-0.2, -0.15) is 0 Å². The van der Waals surface area contributed by atoms with E-state index >= 15 is 0 Å². The lowest BCUT2D eigenvalue weighted by Crippen LogP contribution is -2.25. The molecule has 0 aliphatic heterocycles. The van der Waals surface area contributed by atoms with Crippen LogP contribution in [0.3, 0.4) is 0 Å². The molecule has 0 aliphatic rings. The highest BCUT2D eigenvalue weighted by molar-refractivity contribution is 5.74. The summed E-state index contributed by atoms with van der Waals surface area (Å²) in [5.41, 5.74) is 7.63. The SMILES string of the molecule is CC(C)(c1ccccc1OC(=O)Oc1ccccc1C(C)(C)c1ccccc1-c1ccccc1)c1ccccc1-c1ccccc1. The van der Waals surface area contributed by atoms with E-state index in [1.54, 1.807) is 0 Å². The molecule has 0 amide bonds. The van der Waals surface area contributed by atoms with Gasteiger partial charge in [-0.25, -0.2) is 4.79 Å². The molecule has 0 aromatic heterocycles. The minimum atomic E-state index is -0.779. The largest absolute Gasteiger partial charge is 0.519 e. The fourth-order valence-corrected chi connectivity index (χ4v) is 6.43. The molecule has 0 saturated heterocycles. The third-order valence-corrected chi connectivity index (χ3v) is 8.88. The van der Waals surface area contributed by atoms with E-state index in [2.05, 4.69) is 100 Å². The minimum absolute atomic E-state index is 0.464. The van der Waals surface area contributed by atoms with Crippen LogP contribution in [0.25, 0.3) is 22.3 Å². The maximum Gasteiger partial charge on any atom is 0.519 e. The molecule has 3 nitrogen and oxygen atoms in total. The van der Waals surface area contributed by atoms with E-state index in [1.165, 1.54) is 0 Å². The second-order valence-electron chi connectivity index (χ2n) is 12.5. The van der Waals surface area contributed by atoms with Crippen molar-refractivity contribution in [2.24, 2.45) is 0 Å². The molecule has 0 spiro atoms. The third kappa shape index (κ3) is 6.09. The van der Waals surface area contributed by atoms with Gasteiger partial charge in [0, 0.05) is 22.0 Å². The number of benzene rings is 6. The zero-order valence-corrected chi connectivity index (χ0v) is 26.7. The smallest absolute Gasteiger partial charge is 0.394 e. The maximum atomic E-state index is 13.5. The first-order chi connectivity index (χ1) is 22.3. The molecule has 46 heavy (non-hydrogen) atoms. The standard InChI is InChI=1S/C43H38O3/c1-42(2,35-25-13-11-23-33(35)31-19-7-5-8-20-31)37-27-15-17-29-39(37)45-41(44)46-40-30-18-16-28-38(40)43(3,4)36-26-14-12-24-34(36)32-21-9-6-10-22-32/h5-30H,1-4H3. The molecule has 0 bridgehead atoms. The first kappa shape index (κ1) is 30.6. The number of ether oxygens (including phenoxy) is 2. The van der Waals surface area contributed by atoms with Gasteiger partial charge in [0.25, 0.3) is 0 Å². The Morgan fingerprint density at radius 1 is 0.391 bits per heavy atom. The van der Waals surface area contributed by atoms with Gasteiger partial charge in [-0.15, -0.1) is 0 Å². The van der Waals surface area contributed by atoms with E-state index in [4.69, 9.17) is 9.47 Å². The molecule has 0 radical (unpaired) electrons. The molecule has 0 heterocycles. The van der Waals surface area contributed by atoms with E-state index < -0.39 is 17.0 Å². The van der Waals surface area contributed by atoms with Crippen LogP contribution in [0.1, 0.15) is 49.9 Å². The first-order valence-corrected chi connectivity index (χ1v) is 15.7. The molecule has 6 aromatic rings. The van der Waals surface area contributed by atoms with Crippen molar-refractivity contribution in [2.75, 3.05) is 0 Å². The highest BCUT2D eigenvalue weighted by atomic mass is 16.7. The predicted molar refractivity (Wildman–Crippen MR) is 188 cm³/mol. The van der Waals surface area contributed by atoms with Crippen molar-refractivity contribution in [3.8, 4) is 33.8 Å². The van der Waals surface area contributed by atoms with Crippen LogP contribution in [0.5, 0.6) is 11.5 Å². The van der Waals surface area contributed by atoms with Crippen molar-refractivity contribution in [1.29, 1.82) is 0 Å². The van der Waals surface area contributed by atoms with E-state index in [1.807, 2.05) is 84.9 Å². The summed E-state index contributed by atoms with van der Waals surface area (Å²) in [5.74, 6) is 0.929. The van der Waals surface area contributed by atoms with Crippen LogP contribution in [-0.4, -0.2) is 6.16 Å². The Labute approximate surface area is 272 Å². The quantitative estimate of drug-likeness (QED) is 0.128. The Morgan fingerprint density at radius 3 is 1.09 bits per heavy atom. The van der Waals surface area contributed by atoms with E-state index in [0.29, 0.717) is 11.5 Å². The first-order valence-electron chi connectivity index (χ1n) is 15.7. The van der Waals surface area contributed by atoms with Crippen LogP contribution >= 0.6 is 0 Å². The number of carbonyl (C=O) groups excluding carboxylic acids is 1. The van der Waals surface area contributed by atoms with Crippen molar-refractivity contribution in [3.63, 3.8) is 0 Å². The maximum absolute atomic E-state index is 13.5. The van der Waals surface area contributed by atoms with E-state index in [0.717, 1.165) is 44.5 Å². The molecule has 6 aromatic carbocycles. The summed E-state index contributed by atoms with van der Waals surface area (Å²) in [6.07, 6.45) is -0.779. The molecule has 3 heteroatoms. The average molecular weight is 603 g/mol. The van der Waals surface area contributed by atoms with E-state index in [-0.39, 0.29) is 0 Å². The summed E-state index contributed by atoms with van der Waals surface area (Å²) in [5, 5.41) is 0. The van der Waals surface area contributed by atoms with Crippen LogP contribution in [0.15, 0.2) is 158 Å². The molecule has 0 aliphatic carbocycles. The lowest BCUT2D eigenvalue weighted by atomic mass is 9.74. The lowest BCUT2D eigenvalue weighted by molar-refractivity contribution is 0.150. The molecule has 6 rings (SSSR count). The van der Waals surface area contributed by atoms with Gasteiger partial charge in [-0.3, -0.25) is 0 Å². The molecule has 0 N–H and O–H groups in total. The Bertz CT molecular complexity index is 1810. The second kappa shape index (κ2) is 12.9. The second-order valence-corrected chi connectivity index (χ2v) is 12.5. The Kier molecular flexibility index (Phi) is 8.59. The van der Waals surface area contributed by atoms with E-state index in [9.17, 15) is 4.79 Å². The van der Waals surface area contributed by atoms with Crippen molar-refractivity contribution < 1.29 is 14.3 Å². The average Bonchev–Trinajstić information content (AvgIpc) is 3.09. The predicted octanol–water partition coefficient (Wildman–Crippen LogP) is 11.3. The van der Waals surface area contributed by atoms with Crippen LogP contribution in [0.4, 0.5) is 4.79 Å². The van der Waals surface area contributed by atoms with Gasteiger partial charge in [-0.1, -0.05) is 173 Å². The van der Waals surface area contributed by atoms with Gasteiger partial charge in [0.05, 0.1) is 0 Å². The van der Waals surface area contributed by atoms with Crippen molar-refractivity contribution in [1.82, 2.24) is 0 Å². The Hall–Kier alpha value is -5.41. The number of para-hydroxylation sites is 2. The molecule has 0 fully saturated rings. The summed E-state index contributed by atoms with van der Waals surface area (Å²) < 4.78 is 12.0. The van der Waals surface area contributed by atoms with Crippen molar-refractivity contribution in [2.45, 2.75) is 38.5 Å². The molecular formula is C43H38O3. The van der Waals surface area contributed by atoms with Gasteiger partial charge in [0.15, 0.2) is 0 Å². The molecule has 0 unspecified atom stereocenters. The summed E-state index contributed by atoms with van der Waals surface area (Å²) in [6, 6.07) is 52.9. The Balaban J connectivity index is 1.30. The fourth-order valence-electron chi connectivity index (χ4n) is 6.43. The fraction of sp³-hybridized carbons (Fsp3) is 0.140. The molecule has 0 atom stereocenters. The third-order valence-electron chi connectivity index (χ3n) is 8.88. The normalized spacial score (nSPS) is 11.6. The highest BCUT2D eigenvalue weighted by Gasteiger charge is 2.32. The Morgan fingerprint density at radius 2 is 0.696 bits per heavy atom. The molecular weight excluding hydrogens is 564 g/mol. The monoisotopic (exact) mass is 602 g/mol. The minimum Gasteiger partial charge on any atom is -0.394 e. The zero-order chi connectivity index (χ0) is 32.1. The van der Waals surface area contributed by atoms with Crippen LogP contribution < -0.4 is 9.47 Å². The molecule has 0 saturated carbocycles. The van der Waals surface area contributed by atoms with Gasteiger partial charge < -0.3 is 9.47 Å². The van der Waals surface area contributed by atoms with Gasteiger partial charge in [-0.05, 0) is 45.5 Å². The van der Waals surface area contributed by atoms with Crippen LogP contribution in [-0.2, 0) is 10.8 Å². The topological polar surface area (TPSA) is 35.5 Å². The number of rotatable bonds is 8. The molecule has 228 valence electrons. The van der Waals surface area contributed by atoms with Crippen molar-refractivity contribution in [3.05, 3.63) is 180 Å². The number of hydrogen-bond donors (Lipinski definition) is 0. The van der Waals surface area contributed by atoms with Gasteiger partial charge in [0.1, 0.15) is 11.5 Å². The van der Waals surface area contributed by atoms with Crippen LogP contribution in [0.2, 0.25) is 0 Å². The summed E-state index contributed by atoms with van der Waals surface area (Å²) in [4.78, 5) is 13.5. The van der Waals surface area contributed by atoms with Crippen LogP contribution in [0, 0.1) is 0 Å². The summed E-state index contributed by atoms with van der Waals surface area (Å²) >= 11 is 0. The zero-order valence-electron chi connectivity index (χ0n) is 26.7. The van der Waals surface area contributed by atoms with Gasteiger partial charge in [0.2, 0.25) is 0 Å². The lowest BCUT2D eigenvalue weighted by Gasteiger charge is -2.31. The van der Waals surface area contributed by atoms with Gasteiger partial charge >= 0.3 is 6.16 Å². The highest BCUT2D eigenvalue weighted by Crippen LogP contribution is 2.43. The summed E-state index contributed by atoms with van der Waals surface area (Å²) in [6.45, 7) is 8.63.